The Hall–Kier alpha value is -0.900. The van der Waals surface area contributed by atoms with E-state index < -0.39 is 0 Å². The van der Waals surface area contributed by atoms with Crippen LogP contribution in [0.1, 0.15) is 62.6 Å². The summed E-state index contributed by atoms with van der Waals surface area (Å²) >= 11 is 1.64. The van der Waals surface area contributed by atoms with E-state index in [2.05, 4.69) is 29.5 Å². The molecule has 1 aliphatic rings. The Bertz CT molecular complexity index is 394. The predicted molar refractivity (Wildman–Crippen MR) is 74.6 cm³/mol. The van der Waals surface area contributed by atoms with E-state index in [0.29, 0.717) is 12.5 Å². The normalized spacial score (nSPS) is 17.1. The Labute approximate surface area is 113 Å². The number of aromatic nitrogens is 1. The molecule has 3 nitrogen and oxygen atoms in total. The van der Waals surface area contributed by atoms with Crippen LogP contribution in [0.4, 0.5) is 0 Å². The molecule has 1 N–H and O–H groups in total. The van der Waals surface area contributed by atoms with E-state index >= 15 is 0 Å². The summed E-state index contributed by atoms with van der Waals surface area (Å²) in [6, 6.07) is 0. The van der Waals surface area contributed by atoms with Crippen LogP contribution in [0.25, 0.3) is 0 Å². The first-order chi connectivity index (χ1) is 8.66. The number of carbonyl (C=O) groups excluding carboxylic acids is 1. The van der Waals surface area contributed by atoms with Crippen LogP contribution < -0.4 is 5.32 Å². The molecule has 0 bridgehead atoms. The molecule has 2 rings (SSSR count). The molecule has 0 atom stereocenters. The van der Waals surface area contributed by atoms with Crippen molar-refractivity contribution >= 4 is 17.2 Å². The van der Waals surface area contributed by atoms with Crippen molar-refractivity contribution in [2.45, 2.75) is 58.4 Å². The number of thiazole rings is 1. The summed E-state index contributed by atoms with van der Waals surface area (Å²) in [5, 5.41) is 6.14. The summed E-state index contributed by atoms with van der Waals surface area (Å²) in [5.74, 6) is 0.920. The average Bonchev–Trinajstić information content (AvgIpc) is 2.86. The van der Waals surface area contributed by atoms with Gasteiger partial charge in [0.1, 0.15) is 5.01 Å². The van der Waals surface area contributed by atoms with Crippen LogP contribution in [0.5, 0.6) is 0 Å². The minimum atomic E-state index is 0.219. The highest BCUT2D eigenvalue weighted by molar-refractivity contribution is 7.09. The van der Waals surface area contributed by atoms with Gasteiger partial charge < -0.3 is 5.32 Å². The maximum atomic E-state index is 12.0. The lowest BCUT2D eigenvalue weighted by Crippen LogP contribution is -2.31. The summed E-state index contributed by atoms with van der Waals surface area (Å²) in [5.41, 5.74) is 1.13. The highest BCUT2D eigenvalue weighted by Crippen LogP contribution is 2.24. The molecule has 1 fully saturated rings. The molecule has 100 valence electrons. The average molecular weight is 266 g/mol. The zero-order valence-corrected chi connectivity index (χ0v) is 12.1. The lowest BCUT2D eigenvalue weighted by molar-refractivity contribution is -0.126. The Morgan fingerprint density at radius 1 is 1.44 bits per heavy atom. The number of carbonyl (C=O) groups is 1. The molecule has 1 amide bonds. The lowest BCUT2D eigenvalue weighted by atomic mass is 9.89. The van der Waals surface area contributed by atoms with Gasteiger partial charge >= 0.3 is 0 Å². The van der Waals surface area contributed by atoms with E-state index in [4.69, 9.17) is 0 Å². The van der Waals surface area contributed by atoms with E-state index in [1.165, 1.54) is 19.3 Å². The Balaban J connectivity index is 1.81. The molecular weight excluding hydrogens is 244 g/mol. The third-order valence-electron chi connectivity index (χ3n) is 3.55. The highest BCUT2D eigenvalue weighted by atomic mass is 32.1. The first-order valence-electron chi connectivity index (χ1n) is 6.89. The standard InChI is InChI=1S/C14H22N2OS/c1-10(2)12-9-18-13(16-12)8-15-14(17)11-6-4-3-5-7-11/h9-11H,3-8H2,1-2H3,(H,15,17). The fourth-order valence-electron chi connectivity index (χ4n) is 2.34. The quantitative estimate of drug-likeness (QED) is 0.906. The van der Waals surface area contributed by atoms with Crippen molar-refractivity contribution in [3.63, 3.8) is 0 Å². The van der Waals surface area contributed by atoms with Crippen LogP contribution in [0.3, 0.4) is 0 Å². The van der Waals surface area contributed by atoms with Crippen molar-refractivity contribution in [2.24, 2.45) is 5.92 Å². The van der Waals surface area contributed by atoms with Gasteiger partial charge in [0.2, 0.25) is 5.91 Å². The van der Waals surface area contributed by atoms with Crippen molar-refractivity contribution in [1.82, 2.24) is 10.3 Å². The van der Waals surface area contributed by atoms with Gasteiger partial charge in [0.15, 0.2) is 0 Å². The molecule has 1 heterocycles. The number of nitrogens with one attached hydrogen (secondary N) is 1. The van der Waals surface area contributed by atoms with E-state index in [9.17, 15) is 4.79 Å². The minimum absolute atomic E-state index is 0.219. The molecule has 0 aliphatic heterocycles. The van der Waals surface area contributed by atoms with Gasteiger partial charge in [-0.1, -0.05) is 33.1 Å². The largest absolute Gasteiger partial charge is 0.349 e. The molecule has 18 heavy (non-hydrogen) atoms. The van der Waals surface area contributed by atoms with Crippen molar-refractivity contribution < 1.29 is 4.79 Å². The van der Waals surface area contributed by atoms with Crippen molar-refractivity contribution in [1.29, 1.82) is 0 Å². The van der Waals surface area contributed by atoms with Gasteiger partial charge in [-0.05, 0) is 18.8 Å². The van der Waals surface area contributed by atoms with Crippen LogP contribution in [0, 0.1) is 5.92 Å². The van der Waals surface area contributed by atoms with Crippen LogP contribution in [0.15, 0.2) is 5.38 Å². The fourth-order valence-corrected chi connectivity index (χ4v) is 3.24. The van der Waals surface area contributed by atoms with Gasteiger partial charge in [0.05, 0.1) is 12.2 Å². The molecule has 1 saturated carbocycles. The van der Waals surface area contributed by atoms with Gasteiger partial charge in [-0.15, -0.1) is 11.3 Å². The van der Waals surface area contributed by atoms with Gasteiger partial charge in [-0.25, -0.2) is 4.98 Å². The van der Waals surface area contributed by atoms with Crippen LogP contribution in [-0.4, -0.2) is 10.9 Å². The van der Waals surface area contributed by atoms with E-state index in [1.54, 1.807) is 11.3 Å². The molecule has 1 aromatic heterocycles. The number of hydrogen-bond acceptors (Lipinski definition) is 3. The fraction of sp³-hybridized carbons (Fsp3) is 0.714. The van der Waals surface area contributed by atoms with E-state index in [-0.39, 0.29) is 11.8 Å². The molecule has 0 aromatic carbocycles. The molecule has 0 radical (unpaired) electrons. The summed E-state index contributed by atoms with van der Waals surface area (Å²) in [7, 11) is 0. The third-order valence-corrected chi connectivity index (χ3v) is 4.42. The zero-order chi connectivity index (χ0) is 13.0. The molecule has 1 aliphatic carbocycles. The number of amides is 1. The van der Waals surface area contributed by atoms with Gasteiger partial charge in [-0.3, -0.25) is 4.79 Å². The first kappa shape index (κ1) is 13.5. The molecule has 4 heteroatoms. The molecule has 0 unspecified atom stereocenters. The molecular formula is C14H22N2OS. The second-order valence-corrected chi connectivity index (χ2v) is 6.32. The summed E-state index contributed by atoms with van der Waals surface area (Å²) < 4.78 is 0. The van der Waals surface area contributed by atoms with Crippen LogP contribution in [-0.2, 0) is 11.3 Å². The Morgan fingerprint density at radius 2 is 2.17 bits per heavy atom. The monoisotopic (exact) mass is 266 g/mol. The second kappa shape index (κ2) is 6.32. The smallest absolute Gasteiger partial charge is 0.223 e. The van der Waals surface area contributed by atoms with Crippen molar-refractivity contribution in [3.8, 4) is 0 Å². The maximum Gasteiger partial charge on any atom is 0.223 e. The van der Waals surface area contributed by atoms with Crippen molar-refractivity contribution in [3.05, 3.63) is 16.1 Å². The second-order valence-electron chi connectivity index (χ2n) is 5.37. The van der Waals surface area contributed by atoms with Gasteiger partial charge in [0, 0.05) is 11.3 Å². The summed E-state index contributed by atoms with van der Waals surface area (Å²) in [6.45, 7) is 4.87. The lowest BCUT2D eigenvalue weighted by Gasteiger charge is -2.20. The Kier molecular flexibility index (Phi) is 4.75. The number of hydrogen-bond donors (Lipinski definition) is 1. The molecule has 0 saturated heterocycles. The summed E-state index contributed by atoms with van der Waals surface area (Å²) in [4.78, 5) is 16.5. The third kappa shape index (κ3) is 3.55. The summed E-state index contributed by atoms with van der Waals surface area (Å²) in [6.07, 6.45) is 5.80. The van der Waals surface area contributed by atoms with Gasteiger partial charge in [0.25, 0.3) is 0 Å². The van der Waals surface area contributed by atoms with E-state index in [1.807, 2.05) is 0 Å². The minimum Gasteiger partial charge on any atom is -0.349 e. The number of nitrogens with zero attached hydrogens (tertiary/aromatic N) is 1. The Morgan fingerprint density at radius 3 is 2.78 bits per heavy atom. The molecule has 0 spiro atoms. The maximum absolute atomic E-state index is 12.0. The van der Waals surface area contributed by atoms with Crippen LogP contribution in [0.2, 0.25) is 0 Å². The highest BCUT2D eigenvalue weighted by Gasteiger charge is 2.20. The molecule has 1 aromatic rings. The van der Waals surface area contributed by atoms with Gasteiger partial charge in [-0.2, -0.15) is 0 Å². The van der Waals surface area contributed by atoms with E-state index in [0.717, 1.165) is 23.5 Å². The van der Waals surface area contributed by atoms with Crippen molar-refractivity contribution in [2.75, 3.05) is 0 Å². The SMILES string of the molecule is CC(C)c1csc(CNC(=O)C2CCCCC2)n1. The van der Waals surface area contributed by atoms with Crippen LogP contribution >= 0.6 is 11.3 Å². The predicted octanol–water partition coefficient (Wildman–Crippen LogP) is 3.46. The number of rotatable bonds is 4. The first-order valence-corrected chi connectivity index (χ1v) is 7.77. The topological polar surface area (TPSA) is 42.0 Å². The zero-order valence-electron chi connectivity index (χ0n) is 11.2.